The number of non-ortho nitro benzene ring substituents is 1. The molecule has 0 bridgehead atoms. The Balaban J connectivity index is 1.63. The van der Waals surface area contributed by atoms with Crippen LogP contribution in [0.4, 0.5) is 5.69 Å². The molecule has 1 amide bonds. The summed E-state index contributed by atoms with van der Waals surface area (Å²) in [4.78, 5) is 42.6. The predicted octanol–water partition coefficient (Wildman–Crippen LogP) is 3.03. The Morgan fingerprint density at radius 2 is 2.24 bits per heavy atom. The smallest absolute Gasteiger partial charge is 0.338 e. The van der Waals surface area contributed by atoms with Gasteiger partial charge in [0.05, 0.1) is 41.9 Å². The van der Waals surface area contributed by atoms with Gasteiger partial charge in [0.1, 0.15) is 0 Å². The van der Waals surface area contributed by atoms with Crippen LogP contribution in [0.3, 0.4) is 0 Å². The quantitative estimate of drug-likeness (QED) is 0.365. The molecule has 0 aromatic heterocycles. The molecule has 1 saturated heterocycles. The monoisotopic (exact) mass is 472 g/mol. The second-order valence-electron chi connectivity index (χ2n) is 7.85. The predicted molar refractivity (Wildman–Crippen MR) is 122 cm³/mol. The summed E-state index contributed by atoms with van der Waals surface area (Å²) >= 11 is 1.34. The summed E-state index contributed by atoms with van der Waals surface area (Å²) in [6.45, 7) is 2.86. The summed E-state index contributed by atoms with van der Waals surface area (Å²) in [6.07, 6.45) is 2.01. The maximum Gasteiger partial charge on any atom is 0.338 e. The summed E-state index contributed by atoms with van der Waals surface area (Å²) < 4.78 is 10.6. The van der Waals surface area contributed by atoms with Crippen molar-refractivity contribution in [2.24, 2.45) is 4.99 Å². The number of hydrogen-bond acceptors (Lipinski definition) is 9. The summed E-state index contributed by atoms with van der Waals surface area (Å²) in [6, 6.07) is 5.40. The van der Waals surface area contributed by atoms with Crippen molar-refractivity contribution >= 4 is 34.5 Å². The number of carbonyl (C=O) groups excluding carboxylic acids is 2. The van der Waals surface area contributed by atoms with E-state index >= 15 is 0 Å². The van der Waals surface area contributed by atoms with Crippen LogP contribution >= 0.6 is 11.8 Å². The maximum atomic E-state index is 12.7. The standard InChI is InChI=1S/C22H24N4O6S/c1-13-19(21(28)31-2)20(14-5-3-6-15(9-14)26(29)30)25-16(12-33-22(25)24-13)10-18(27)23-11-17-7-4-8-32-17/h3,5-6,9,12,17,20H,4,7-8,10-11H2,1-2H3,(H,23,27). The van der Waals surface area contributed by atoms with Gasteiger partial charge in [-0.3, -0.25) is 14.9 Å². The minimum absolute atomic E-state index is 0.0297. The van der Waals surface area contributed by atoms with E-state index in [0.29, 0.717) is 35.3 Å². The average molecular weight is 473 g/mol. The Hall–Kier alpha value is -3.18. The van der Waals surface area contributed by atoms with Crippen molar-refractivity contribution in [3.8, 4) is 0 Å². The van der Waals surface area contributed by atoms with Crippen LogP contribution in [-0.2, 0) is 19.1 Å². The molecule has 1 aromatic rings. The van der Waals surface area contributed by atoms with E-state index in [1.54, 1.807) is 24.0 Å². The third-order valence-electron chi connectivity index (χ3n) is 5.70. The largest absolute Gasteiger partial charge is 0.466 e. The van der Waals surface area contributed by atoms with Crippen LogP contribution in [0, 0.1) is 10.1 Å². The van der Waals surface area contributed by atoms with Crippen molar-refractivity contribution in [2.75, 3.05) is 20.3 Å². The van der Waals surface area contributed by atoms with Gasteiger partial charge in [-0.05, 0) is 30.7 Å². The van der Waals surface area contributed by atoms with Gasteiger partial charge in [-0.15, -0.1) is 0 Å². The normalized spacial score (nSPS) is 21.9. The van der Waals surface area contributed by atoms with Crippen molar-refractivity contribution in [3.05, 3.63) is 62.3 Å². The Morgan fingerprint density at radius 3 is 2.94 bits per heavy atom. The number of thioether (sulfide) groups is 1. The van der Waals surface area contributed by atoms with E-state index in [2.05, 4.69) is 10.3 Å². The number of nitrogens with one attached hydrogen (secondary N) is 1. The van der Waals surface area contributed by atoms with Crippen LogP contribution in [0.25, 0.3) is 0 Å². The minimum atomic E-state index is -0.711. The Morgan fingerprint density at radius 1 is 1.42 bits per heavy atom. The first-order valence-corrected chi connectivity index (χ1v) is 11.4. The van der Waals surface area contributed by atoms with E-state index in [1.165, 1.54) is 31.0 Å². The van der Waals surface area contributed by atoms with Crippen molar-refractivity contribution in [1.82, 2.24) is 10.2 Å². The van der Waals surface area contributed by atoms with Crippen molar-refractivity contribution in [1.29, 1.82) is 0 Å². The molecule has 1 N–H and O–H groups in total. The topological polar surface area (TPSA) is 123 Å². The van der Waals surface area contributed by atoms with Crippen molar-refractivity contribution < 1.29 is 24.0 Å². The molecule has 2 unspecified atom stereocenters. The molecule has 10 nitrogen and oxygen atoms in total. The molecule has 33 heavy (non-hydrogen) atoms. The lowest BCUT2D eigenvalue weighted by molar-refractivity contribution is -0.384. The van der Waals surface area contributed by atoms with Gasteiger partial charge < -0.3 is 19.7 Å². The number of allylic oxidation sites excluding steroid dienone is 1. The Labute approximate surface area is 194 Å². The number of nitrogens with zero attached hydrogens (tertiary/aromatic N) is 3. The lowest BCUT2D eigenvalue weighted by Gasteiger charge is -2.36. The number of esters is 1. The van der Waals surface area contributed by atoms with Gasteiger partial charge in [0.25, 0.3) is 5.69 Å². The SMILES string of the molecule is COC(=O)C1=C(C)N=C2SC=C(CC(=O)NCC3CCCO3)N2C1c1cccc([N+](=O)[O-])c1. The third kappa shape index (κ3) is 4.79. The number of ether oxygens (including phenoxy) is 2. The highest BCUT2D eigenvalue weighted by Gasteiger charge is 2.41. The number of amides is 1. The van der Waals surface area contributed by atoms with Crippen LogP contribution in [0.2, 0.25) is 0 Å². The van der Waals surface area contributed by atoms with Gasteiger partial charge in [-0.25, -0.2) is 9.79 Å². The fourth-order valence-electron chi connectivity index (χ4n) is 4.12. The number of nitro groups is 1. The maximum absolute atomic E-state index is 12.7. The molecule has 1 fully saturated rings. The Bertz CT molecular complexity index is 1080. The van der Waals surface area contributed by atoms with Gasteiger partial charge in [-0.1, -0.05) is 23.9 Å². The van der Waals surface area contributed by atoms with Crippen LogP contribution in [0.5, 0.6) is 0 Å². The Kier molecular flexibility index (Phi) is 6.80. The van der Waals surface area contributed by atoms with Gasteiger partial charge in [0.2, 0.25) is 5.91 Å². The van der Waals surface area contributed by atoms with Gasteiger partial charge >= 0.3 is 5.97 Å². The van der Waals surface area contributed by atoms with Gasteiger partial charge in [0, 0.05) is 31.0 Å². The molecular weight excluding hydrogens is 448 g/mol. The highest BCUT2D eigenvalue weighted by molar-refractivity contribution is 8.16. The highest BCUT2D eigenvalue weighted by atomic mass is 32.2. The second-order valence-corrected chi connectivity index (χ2v) is 8.69. The number of methoxy groups -OCH3 is 1. The van der Waals surface area contributed by atoms with Crippen LogP contribution in [-0.4, -0.2) is 53.2 Å². The van der Waals surface area contributed by atoms with E-state index in [-0.39, 0.29) is 29.7 Å². The lowest BCUT2D eigenvalue weighted by Crippen LogP contribution is -2.38. The van der Waals surface area contributed by atoms with Crippen LogP contribution < -0.4 is 5.32 Å². The zero-order valence-corrected chi connectivity index (χ0v) is 19.1. The lowest BCUT2D eigenvalue weighted by atomic mass is 9.93. The van der Waals surface area contributed by atoms with E-state index in [1.807, 2.05) is 5.41 Å². The molecule has 0 spiro atoms. The van der Waals surface area contributed by atoms with E-state index in [9.17, 15) is 19.7 Å². The number of amidine groups is 1. The minimum Gasteiger partial charge on any atom is -0.466 e. The molecule has 3 aliphatic rings. The number of nitro benzene ring substituents is 1. The van der Waals surface area contributed by atoms with Gasteiger partial charge in [0.15, 0.2) is 5.17 Å². The summed E-state index contributed by atoms with van der Waals surface area (Å²) in [7, 11) is 1.28. The molecule has 0 saturated carbocycles. The third-order valence-corrected chi connectivity index (χ3v) is 6.58. The fourth-order valence-corrected chi connectivity index (χ4v) is 5.09. The number of fused-ring (bicyclic) bond motifs is 1. The molecule has 0 radical (unpaired) electrons. The van der Waals surface area contributed by atoms with E-state index < -0.39 is 16.9 Å². The molecule has 1 aromatic carbocycles. The first-order chi connectivity index (χ1) is 15.9. The molecular formula is C22H24N4O6S. The summed E-state index contributed by atoms with van der Waals surface area (Å²) in [5, 5.41) is 16.7. The first-order valence-electron chi connectivity index (χ1n) is 10.5. The number of carbonyl (C=O) groups is 2. The molecule has 0 aliphatic carbocycles. The molecule has 3 aliphatic heterocycles. The number of rotatable bonds is 7. The zero-order valence-electron chi connectivity index (χ0n) is 18.3. The van der Waals surface area contributed by atoms with Gasteiger partial charge in [-0.2, -0.15) is 0 Å². The molecule has 4 rings (SSSR count). The first kappa shape index (κ1) is 23.0. The fraction of sp³-hybridized carbons (Fsp3) is 0.409. The van der Waals surface area contributed by atoms with E-state index in [4.69, 9.17) is 9.47 Å². The zero-order chi connectivity index (χ0) is 23.5. The molecule has 3 heterocycles. The number of hydrogen-bond donors (Lipinski definition) is 1. The van der Waals surface area contributed by atoms with Crippen molar-refractivity contribution in [2.45, 2.75) is 38.3 Å². The molecule has 11 heteroatoms. The van der Waals surface area contributed by atoms with E-state index in [0.717, 1.165) is 12.8 Å². The average Bonchev–Trinajstić information content (AvgIpc) is 3.46. The summed E-state index contributed by atoms with van der Waals surface area (Å²) in [5.74, 6) is -0.756. The highest BCUT2D eigenvalue weighted by Crippen LogP contribution is 2.45. The second kappa shape index (κ2) is 9.75. The number of aliphatic imine (C=N–C) groups is 1. The summed E-state index contributed by atoms with van der Waals surface area (Å²) in [5.41, 5.74) is 1.83. The molecule has 174 valence electrons. The van der Waals surface area contributed by atoms with Crippen LogP contribution in [0.15, 0.2) is 51.6 Å². The van der Waals surface area contributed by atoms with Crippen LogP contribution in [0.1, 0.15) is 37.8 Å². The molecule has 2 atom stereocenters. The number of benzene rings is 1. The van der Waals surface area contributed by atoms with Crippen molar-refractivity contribution in [3.63, 3.8) is 0 Å².